The Morgan fingerprint density at radius 1 is 0.909 bits per heavy atom. The first-order valence-electron chi connectivity index (χ1n) is 8.63. The number of carbonyl (C=O) groups is 1. The minimum atomic E-state index is -0.817. The lowest BCUT2D eigenvalue weighted by Crippen LogP contribution is -2.03. The highest BCUT2D eigenvalue weighted by Crippen LogP contribution is 2.28. The van der Waals surface area contributed by atoms with Crippen LogP contribution >= 0.6 is 0 Å². The van der Waals surface area contributed by atoms with Crippen LogP contribution in [0.2, 0.25) is 0 Å². The van der Waals surface area contributed by atoms with E-state index in [-0.39, 0.29) is 6.42 Å². The van der Waals surface area contributed by atoms with Crippen LogP contribution in [-0.2, 0) is 24.1 Å². The molecule has 0 saturated heterocycles. The van der Waals surface area contributed by atoms with Crippen LogP contribution in [0.1, 0.15) is 75.5 Å². The average Bonchev–Trinajstić information content (AvgIpc) is 2.47. The van der Waals surface area contributed by atoms with E-state index in [9.17, 15) is 9.90 Å². The summed E-state index contributed by atoms with van der Waals surface area (Å²) in [4.78, 5) is 11.0. The summed E-state index contributed by atoms with van der Waals surface area (Å²) in [5, 5.41) is 19.5. The minimum Gasteiger partial charge on any atom is -0.507 e. The molecule has 3 nitrogen and oxygen atoms in total. The van der Waals surface area contributed by atoms with Crippen LogP contribution in [0.15, 0.2) is 12.1 Å². The van der Waals surface area contributed by atoms with E-state index in [1.54, 1.807) is 0 Å². The number of hydrogen-bond donors (Lipinski definition) is 2. The Morgan fingerprint density at radius 3 is 1.91 bits per heavy atom. The number of hydrogen-bond acceptors (Lipinski definition) is 2. The second-order valence-electron chi connectivity index (χ2n) is 6.10. The molecule has 0 heterocycles. The predicted molar refractivity (Wildman–Crippen MR) is 90.5 cm³/mol. The van der Waals surface area contributed by atoms with E-state index < -0.39 is 5.97 Å². The maximum Gasteiger partial charge on any atom is 0.307 e. The van der Waals surface area contributed by atoms with E-state index >= 15 is 0 Å². The molecule has 0 radical (unpaired) electrons. The van der Waals surface area contributed by atoms with Crippen LogP contribution < -0.4 is 0 Å². The Hall–Kier alpha value is -1.51. The molecule has 22 heavy (non-hydrogen) atoms. The van der Waals surface area contributed by atoms with Gasteiger partial charge in [0.15, 0.2) is 0 Å². The minimum absolute atomic E-state index is 0.0308. The summed E-state index contributed by atoms with van der Waals surface area (Å²) in [6.07, 6.45) is 9.60. The lowest BCUT2D eigenvalue weighted by molar-refractivity contribution is -0.136. The molecule has 1 aromatic carbocycles. The highest BCUT2D eigenvalue weighted by atomic mass is 16.4. The summed E-state index contributed by atoms with van der Waals surface area (Å²) < 4.78 is 0. The van der Waals surface area contributed by atoms with Crippen molar-refractivity contribution >= 4 is 5.97 Å². The highest BCUT2D eigenvalue weighted by molar-refractivity contribution is 5.70. The number of unbranched alkanes of at least 4 members (excludes halogenated alkanes) is 5. The molecule has 0 aliphatic heterocycles. The molecule has 0 atom stereocenters. The SMILES string of the molecule is CCCCCCc1cc(CC(=O)O)cc(CCCCC)c1O. The van der Waals surface area contributed by atoms with Crippen molar-refractivity contribution in [2.75, 3.05) is 0 Å². The van der Waals surface area contributed by atoms with Gasteiger partial charge in [0.2, 0.25) is 0 Å². The molecule has 0 bridgehead atoms. The molecule has 0 aliphatic carbocycles. The Kier molecular flexibility index (Phi) is 8.64. The number of phenolic OH excluding ortho intramolecular Hbond substituents is 1. The smallest absolute Gasteiger partial charge is 0.307 e. The molecule has 0 unspecified atom stereocenters. The molecule has 0 fully saturated rings. The Balaban J connectivity index is 2.86. The zero-order valence-corrected chi connectivity index (χ0v) is 14.0. The van der Waals surface area contributed by atoms with Gasteiger partial charge in [0.1, 0.15) is 5.75 Å². The summed E-state index contributed by atoms with van der Waals surface area (Å²) in [6, 6.07) is 3.74. The van der Waals surface area contributed by atoms with E-state index in [2.05, 4.69) is 13.8 Å². The fraction of sp³-hybridized carbons (Fsp3) is 0.632. The van der Waals surface area contributed by atoms with Crippen LogP contribution in [-0.4, -0.2) is 16.2 Å². The van der Waals surface area contributed by atoms with Crippen molar-refractivity contribution in [3.05, 3.63) is 28.8 Å². The summed E-state index contributed by atoms with van der Waals surface area (Å²) in [6.45, 7) is 4.33. The van der Waals surface area contributed by atoms with Gasteiger partial charge in [0.25, 0.3) is 0 Å². The van der Waals surface area contributed by atoms with Gasteiger partial charge in [-0.3, -0.25) is 4.79 Å². The maximum absolute atomic E-state index is 11.0. The molecule has 0 amide bonds. The molecule has 0 spiro atoms. The average molecular weight is 306 g/mol. The summed E-state index contributed by atoms with van der Waals surface area (Å²) in [5.41, 5.74) is 2.64. The first-order chi connectivity index (χ1) is 10.6. The molecule has 0 aliphatic rings. The van der Waals surface area contributed by atoms with Crippen LogP contribution in [0.5, 0.6) is 5.75 Å². The summed E-state index contributed by atoms with van der Waals surface area (Å²) in [7, 11) is 0. The first kappa shape index (κ1) is 18.5. The first-order valence-corrected chi connectivity index (χ1v) is 8.63. The molecule has 0 saturated carbocycles. The molecule has 3 heteroatoms. The highest BCUT2D eigenvalue weighted by Gasteiger charge is 2.12. The number of phenols is 1. The van der Waals surface area contributed by atoms with Crippen LogP contribution in [0, 0.1) is 0 Å². The van der Waals surface area contributed by atoms with Crippen LogP contribution in [0.25, 0.3) is 0 Å². The van der Waals surface area contributed by atoms with Crippen LogP contribution in [0.3, 0.4) is 0 Å². The van der Waals surface area contributed by atoms with Crippen molar-refractivity contribution in [3.8, 4) is 5.75 Å². The Bertz CT molecular complexity index is 466. The fourth-order valence-corrected chi connectivity index (χ4v) is 2.80. The molecule has 0 aromatic heterocycles. The molecule has 1 rings (SSSR count). The van der Waals surface area contributed by atoms with E-state index in [1.165, 1.54) is 12.8 Å². The number of benzene rings is 1. The van der Waals surface area contributed by atoms with Crippen molar-refractivity contribution < 1.29 is 15.0 Å². The predicted octanol–water partition coefficient (Wildman–Crippen LogP) is 4.87. The molecular formula is C19H30O3. The van der Waals surface area contributed by atoms with Crippen molar-refractivity contribution in [2.45, 2.75) is 78.1 Å². The largest absolute Gasteiger partial charge is 0.507 e. The lowest BCUT2D eigenvalue weighted by atomic mass is 9.95. The number of aliphatic carboxylic acids is 1. The van der Waals surface area contributed by atoms with Crippen molar-refractivity contribution in [1.82, 2.24) is 0 Å². The number of carboxylic acid groups (broad SMARTS) is 1. The van der Waals surface area contributed by atoms with Crippen molar-refractivity contribution in [3.63, 3.8) is 0 Å². The third-order valence-electron chi connectivity index (χ3n) is 4.03. The lowest BCUT2D eigenvalue weighted by Gasteiger charge is -2.13. The van der Waals surface area contributed by atoms with Gasteiger partial charge in [-0.15, -0.1) is 0 Å². The summed E-state index contributed by atoms with van der Waals surface area (Å²) in [5.74, 6) is -0.427. The van der Waals surface area contributed by atoms with E-state index in [0.29, 0.717) is 5.75 Å². The van der Waals surface area contributed by atoms with Gasteiger partial charge in [0.05, 0.1) is 6.42 Å². The second-order valence-corrected chi connectivity index (χ2v) is 6.10. The monoisotopic (exact) mass is 306 g/mol. The van der Waals surface area contributed by atoms with Gasteiger partial charge in [-0.1, -0.05) is 58.1 Å². The topological polar surface area (TPSA) is 57.5 Å². The number of aryl methyl sites for hydroxylation is 2. The molecule has 124 valence electrons. The van der Waals surface area contributed by atoms with Gasteiger partial charge in [-0.25, -0.2) is 0 Å². The van der Waals surface area contributed by atoms with Gasteiger partial charge in [0, 0.05) is 0 Å². The number of rotatable bonds is 11. The quantitative estimate of drug-likeness (QED) is 0.573. The Morgan fingerprint density at radius 2 is 1.41 bits per heavy atom. The third kappa shape index (κ3) is 6.50. The van der Waals surface area contributed by atoms with Crippen LogP contribution in [0.4, 0.5) is 0 Å². The second kappa shape index (κ2) is 10.3. The third-order valence-corrected chi connectivity index (χ3v) is 4.03. The van der Waals surface area contributed by atoms with Gasteiger partial charge < -0.3 is 10.2 Å². The standard InChI is InChI=1S/C19H30O3/c1-3-5-7-9-11-17-13-15(14-18(20)21)12-16(19(17)22)10-8-6-4-2/h12-13,22H,3-11,14H2,1-2H3,(H,20,21). The number of aromatic hydroxyl groups is 1. The van der Waals surface area contributed by atoms with Crippen molar-refractivity contribution in [1.29, 1.82) is 0 Å². The maximum atomic E-state index is 11.0. The summed E-state index contributed by atoms with van der Waals surface area (Å²) >= 11 is 0. The van der Waals surface area contributed by atoms with E-state index in [1.807, 2.05) is 12.1 Å². The van der Waals surface area contributed by atoms with E-state index in [0.717, 1.165) is 61.6 Å². The zero-order valence-electron chi connectivity index (χ0n) is 14.0. The Labute approximate surface area is 134 Å². The molecule has 1 aromatic rings. The van der Waals surface area contributed by atoms with Crippen molar-refractivity contribution in [2.24, 2.45) is 0 Å². The van der Waals surface area contributed by atoms with Gasteiger partial charge in [-0.05, 0) is 42.4 Å². The van der Waals surface area contributed by atoms with Gasteiger partial charge >= 0.3 is 5.97 Å². The molecular weight excluding hydrogens is 276 g/mol. The normalized spacial score (nSPS) is 10.8. The van der Waals surface area contributed by atoms with E-state index in [4.69, 9.17) is 5.11 Å². The number of carboxylic acids is 1. The molecule has 2 N–H and O–H groups in total. The van der Waals surface area contributed by atoms with Gasteiger partial charge in [-0.2, -0.15) is 0 Å². The zero-order chi connectivity index (χ0) is 16.4. The fourth-order valence-electron chi connectivity index (χ4n) is 2.80.